The zero-order chi connectivity index (χ0) is 14.5. The Bertz CT molecular complexity index is 487. The number of carbonyl (C=O) groups is 2. The van der Waals surface area contributed by atoms with Crippen molar-refractivity contribution in [3.05, 3.63) is 21.9 Å². The van der Waals surface area contributed by atoms with E-state index in [9.17, 15) is 9.59 Å². The fourth-order valence-electron chi connectivity index (χ4n) is 2.26. The third-order valence-electron chi connectivity index (χ3n) is 3.54. The van der Waals surface area contributed by atoms with Crippen molar-refractivity contribution >= 4 is 23.2 Å². The van der Waals surface area contributed by atoms with Crippen LogP contribution in [-0.4, -0.2) is 43.5 Å². The van der Waals surface area contributed by atoms with Gasteiger partial charge in [-0.25, -0.2) is 0 Å². The normalized spacial score (nSPS) is 18.6. The van der Waals surface area contributed by atoms with Crippen molar-refractivity contribution in [2.45, 2.75) is 19.9 Å². The van der Waals surface area contributed by atoms with Gasteiger partial charge in [-0.3, -0.25) is 9.59 Å². The van der Waals surface area contributed by atoms with Crippen LogP contribution in [0.1, 0.15) is 16.9 Å². The molecule has 6 heteroatoms. The standard InChI is InChI=1S/C14H20N2O3S/c1-10-3-6-20-12(10)8-15-14(18)11-7-13(17)16(9-11)4-5-19-2/h3,6,11H,4-5,7-9H2,1-2H3,(H,15,18). The number of hydrogen-bond acceptors (Lipinski definition) is 4. The molecular formula is C14H20N2O3S. The quantitative estimate of drug-likeness (QED) is 0.857. The van der Waals surface area contributed by atoms with Gasteiger partial charge in [-0.1, -0.05) is 0 Å². The number of methoxy groups -OCH3 is 1. The molecule has 1 N–H and O–H groups in total. The van der Waals surface area contributed by atoms with Crippen LogP contribution in [0.2, 0.25) is 0 Å². The van der Waals surface area contributed by atoms with Crippen molar-refractivity contribution in [3.63, 3.8) is 0 Å². The van der Waals surface area contributed by atoms with Crippen LogP contribution in [0.3, 0.4) is 0 Å². The summed E-state index contributed by atoms with van der Waals surface area (Å²) < 4.78 is 4.96. The third-order valence-corrected chi connectivity index (χ3v) is 4.56. The Kier molecular flexibility index (Phi) is 5.14. The average molecular weight is 296 g/mol. The van der Waals surface area contributed by atoms with Gasteiger partial charge < -0.3 is 15.0 Å². The maximum Gasteiger partial charge on any atom is 0.225 e. The molecule has 5 nitrogen and oxygen atoms in total. The lowest BCUT2D eigenvalue weighted by atomic mass is 10.1. The number of amides is 2. The summed E-state index contributed by atoms with van der Waals surface area (Å²) in [5.41, 5.74) is 1.19. The maximum atomic E-state index is 12.1. The number of nitrogens with zero attached hydrogens (tertiary/aromatic N) is 1. The third kappa shape index (κ3) is 3.58. The number of thiophene rings is 1. The lowest BCUT2D eigenvalue weighted by Gasteiger charge is -2.15. The summed E-state index contributed by atoms with van der Waals surface area (Å²) in [6.07, 6.45) is 0.305. The Labute approximate surface area is 122 Å². The number of hydrogen-bond donors (Lipinski definition) is 1. The molecule has 0 aromatic carbocycles. The van der Waals surface area contributed by atoms with E-state index in [0.29, 0.717) is 32.7 Å². The summed E-state index contributed by atoms with van der Waals surface area (Å²) in [5.74, 6) is -0.236. The second-order valence-corrected chi connectivity index (χ2v) is 5.98. The molecule has 0 bridgehead atoms. The Morgan fingerprint density at radius 1 is 1.60 bits per heavy atom. The van der Waals surface area contributed by atoms with E-state index in [1.165, 1.54) is 10.4 Å². The summed E-state index contributed by atoms with van der Waals surface area (Å²) in [6, 6.07) is 2.04. The summed E-state index contributed by atoms with van der Waals surface area (Å²) in [7, 11) is 1.61. The number of ether oxygens (including phenoxy) is 1. The molecule has 1 aromatic heterocycles. The molecule has 1 saturated heterocycles. The second-order valence-electron chi connectivity index (χ2n) is 4.98. The van der Waals surface area contributed by atoms with Crippen molar-refractivity contribution in [1.82, 2.24) is 10.2 Å². The van der Waals surface area contributed by atoms with E-state index >= 15 is 0 Å². The van der Waals surface area contributed by atoms with Crippen LogP contribution < -0.4 is 5.32 Å². The minimum absolute atomic E-state index is 0.0360. The number of likely N-dealkylation sites (tertiary alicyclic amines) is 1. The molecule has 2 heterocycles. The van der Waals surface area contributed by atoms with Crippen LogP contribution >= 0.6 is 11.3 Å². The van der Waals surface area contributed by atoms with E-state index in [1.54, 1.807) is 23.3 Å². The van der Waals surface area contributed by atoms with Crippen LogP contribution in [0.5, 0.6) is 0 Å². The van der Waals surface area contributed by atoms with Gasteiger partial charge in [0.1, 0.15) is 0 Å². The van der Waals surface area contributed by atoms with Crippen molar-refractivity contribution in [2.24, 2.45) is 5.92 Å². The number of rotatable bonds is 6. The Hall–Kier alpha value is -1.40. The highest BCUT2D eigenvalue weighted by Crippen LogP contribution is 2.19. The van der Waals surface area contributed by atoms with E-state index in [-0.39, 0.29) is 17.7 Å². The molecule has 20 heavy (non-hydrogen) atoms. The van der Waals surface area contributed by atoms with E-state index < -0.39 is 0 Å². The summed E-state index contributed by atoms with van der Waals surface area (Å²) in [6.45, 7) is 4.14. The van der Waals surface area contributed by atoms with Crippen LogP contribution in [0.15, 0.2) is 11.4 Å². The Morgan fingerprint density at radius 2 is 2.40 bits per heavy atom. The fourth-order valence-corrected chi connectivity index (χ4v) is 3.11. The second kappa shape index (κ2) is 6.85. The van der Waals surface area contributed by atoms with Gasteiger partial charge in [-0.15, -0.1) is 11.3 Å². The molecule has 1 aliphatic rings. The van der Waals surface area contributed by atoms with Crippen LogP contribution in [0, 0.1) is 12.8 Å². The lowest BCUT2D eigenvalue weighted by molar-refractivity contribution is -0.129. The van der Waals surface area contributed by atoms with Gasteiger partial charge >= 0.3 is 0 Å². The molecule has 0 aliphatic carbocycles. The van der Waals surface area contributed by atoms with Crippen LogP contribution in [0.4, 0.5) is 0 Å². The van der Waals surface area contributed by atoms with Gasteiger partial charge in [0.25, 0.3) is 0 Å². The van der Waals surface area contributed by atoms with Crippen molar-refractivity contribution in [1.29, 1.82) is 0 Å². The van der Waals surface area contributed by atoms with E-state index in [1.807, 2.05) is 18.4 Å². The van der Waals surface area contributed by atoms with Crippen molar-refractivity contribution < 1.29 is 14.3 Å². The van der Waals surface area contributed by atoms with Gasteiger partial charge in [0.15, 0.2) is 0 Å². The number of aryl methyl sites for hydroxylation is 1. The highest BCUT2D eigenvalue weighted by Gasteiger charge is 2.33. The predicted octanol–water partition coefficient (Wildman–Crippen LogP) is 1.17. The van der Waals surface area contributed by atoms with E-state index in [0.717, 1.165) is 0 Å². The molecular weight excluding hydrogens is 276 g/mol. The molecule has 1 aromatic rings. The van der Waals surface area contributed by atoms with Gasteiger partial charge in [0.2, 0.25) is 11.8 Å². The molecule has 110 valence electrons. The van der Waals surface area contributed by atoms with Crippen molar-refractivity contribution in [3.8, 4) is 0 Å². The van der Waals surface area contributed by atoms with Gasteiger partial charge in [-0.2, -0.15) is 0 Å². The van der Waals surface area contributed by atoms with Crippen LogP contribution in [0.25, 0.3) is 0 Å². The molecule has 0 spiro atoms. The number of carbonyl (C=O) groups excluding carboxylic acids is 2. The van der Waals surface area contributed by atoms with E-state index in [4.69, 9.17) is 4.74 Å². The molecule has 1 unspecified atom stereocenters. The van der Waals surface area contributed by atoms with Gasteiger partial charge in [0, 0.05) is 31.5 Å². The number of nitrogens with one attached hydrogen (secondary N) is 1. The predicted molar refractivity (Wildman–Crippen MR) is 77.5 cm³/mol. The lowest BCUT2D eigenvalue weighted by Crippen LogP contribution is -2.33. The van der Waals surface area contributed by atoms with E-state index in [2.05, 4.69) is 5.32 Å². The van der Waals surface area contributed by atoms with Gasteiger partial charge in [0.05, 0.1) is 19.1 Å². The molecule has 1 aliphatic heterocycles. The maximum absolute atomic E-state index is 12.1. The molecule has 0 radical (unpaired) electrons. The largest absolute Gasteiger partial charge is 0.383 e. The molecule has 1 atom stereocenters. The first-order chi connectivity index (χ1) is 9.61. The zero-order valence-electron chi connectivity index (χ0n) is 11.8. The average Bonchev–Trinajstić information content (AvgIpc) is 3.00. The minimum atomic E-state index is -0.236. The first-order valence-electron chi connectivity index (χ1n) is 6.69. The minimum Gasteiger partial charge on any atom is -0.383 e. The Balaban J connectivity index is 1.82. The topological polar surface area (TPSA) is 58.6 Å². The highest BCUT2D eigenvalue weighted by atomic mass is 32.1. The summed E-state index contributed by atoms with van der Waals surface area (Å²) in [4.78, 5) is 26.7. The zero-order valence-corrected chi connectivity index (χ0v) is 12.7. The monoisotopic (exact) mass is 296 g/mol. The Morgan fingerprint density at radius 3 is 3.05 bits per heavy atom. The van der Waals surface area contributed by atoms with Crippen molar-refractivity contribution in [2.75, 3.05) is 26.8 Å². The first-order valence-corrected chi connectivity index (χ1v) is 7.57. The summed E-state index contributed by atoms with van der Waals surface area (Å²) >= 11 is 1.64. The molecule has 2 rings (SSSR count). The summed E-state index contributed by atoms with van der Waals surface area (Å²) in [5, 5.41) is 4.94. The highest BCUT2D eigenvalue weighted by molar-refractivity contribution is 7.10. The molecule has 2 amide bonds. The van der Waals surface area contributed by atoms with Gasteiger partial charge in [-0.05, 0) is 23.9 Å². The molecule has 1 fully saturated rings. The molecule has 0 saturated carbocycles. The van der Waals surface area contributed by atoms with Crippen LogP contribution in [-0.2, 0) is 20.9 Å². The smallest absolute Gasteiger partial charge is 0.225 e. The SMILES string of the molecule is COCCN1CC(C(=O)NCc2sccc2C)CC1=O. The fraction of sp³-hybridized carbons (Fsp3) is 0.571. The first kappa shape index (κ1) is 15.0.